The van der Waals surface area contributed by atoms with Crippen molar-refractivity contribution in [3.63, 3.8) is 0 Å². The lowest BCUT2D eigenvalue weighted by atomic mass is 9.88. The highest BCUT2D eigenvalue weighted by molar-refractivity contribution is 6.08. The number of benzene rings is 2. The zero-order valence-electron chi connectivity index (χ0n) is 17.4. The molecule has 0 aromatic heterocycles. The van der Waals surface area contributed by atoms with E-state index >= 15 is 0 Å². The molecule has 31 heavy (non-hydrogen) atoms. The Balaban J connectivity index is 1.74. The molecule has 1 aliphatic heterocycles. The molecule has 3 rings (SSSR count). The average molecular weight is 422 g/mol. The molecule has 2 aromatic rings. The fraction of sp³-hybridized carbons (Fsp3) is 0.304. The Labute approximate surface area is 180 Å². The predicted molar refractivity (Wildman–Crippen MR) is 117 cm³/mol. The highest BCUT2D eigenvalue weighted by atomic mass is 16.6. The van der Waals surface area contributed by atoms with Gasteiger partial charge in [-0.05, 0) is 43.0 Å². The summed E-state index contributed by atoms with van der Waals surface area (Å²) in [5.41, 5.74) is 6.55. The molecule has 1 fully saturated rings. The smallest absolute Gasteiger partial charge is 0.335 e. The monoisotopic (exact) mass is 422 g/mol. The van der Waals surface area contributed by atoms with E-state index in [2.05, 4.69) is 5.10 Å². The number of rotatable bonds is 7. The third kappa shape index (κ3) is 4.97. The number of nitrogens with zero attached hydrogens (tertiary/aromatic N) is 2. The number of carbonyl (C=O) groups excluding carboxylic acids is 3. The fourth-order valence-corrected chi connectivity index (χ4v) is 3.53. The van der Waals surface area contributed by atoms with Crippen molar-refractivity contribution in [2.75, 3.05) is 11.4 Å². The molecule has 0 spiro atoms. The van der Waals surface area contributed by atoms with Gasteiger partial charge >= 0.3 is 5.97 Å². The van der Waals surface area contributed by atoms with Crippen LogP contribution in [0.5, 0.6) is 0 Å². The van der Waals surface area contributed by atoms with E-state index in [1.54, 1.807) is 53.4 Å². The van der Waals surface area contributed by atoms with Gasteiger partial charge in [-0.25, -0.2) is 4.79 Å². The number of anilines is 1. The van der Waals surface area contributed by atoms with E-state index in [9.17, 15) is 14.4 Å². The number of Topliss-reactive ketones (excluding diaryl/α,β-unsaturated/α-hetero) is 1. The van der Waals surface area contributed by atoms with Crippen LogP contribution < -0.4 is 16.5 Å². The van der Waals surface area contributed by atoms with Crippen LogP contribution in [0.1, 0.15) is 30.9 Å². The van der Waals surface area contributed by atoms with Crippen molar-refractivity contribution >= 4 is 29.6 Å². The van der Waals surface area contributed by atoms with Crippen LogP contribution in [0.3, 0.4) is 0 Å². The van der Waals surface area contributed by atoms with Crippen molar-refractivity contribution in [2.45, 2.75) is 37.8 Å². The fourth-order valence-electron chi connectivity index (χ4n) is 3.53. The van der Waals surface area contributed by atoms with E-state index in [4.69, 9.17) is 16.3 Å². The number of ether oxygens (including phenoxy) is 1. The molecule has 2 unspecified atom stereocenters. The van der Waals surface area contributed by atoms with E-state index < -0.39 is 23.4 Å². The number of ketones is 1. The normalized spacial score (nSPS) is 18.6. The van der Waals surface area contributed by atoms with Gasteiger partial charge in [-0.15, -0.1) is 0 Å². The summed E-state index contributed by atoms with van der Waals surface area (Å²) in [7, 11) is 0. The second-order valence-electron chi connectivity index (χ2n) is 7.59. The van der Waals surface area contributed by atoms with Crippen LogP contribution in [0.15, 0.2) is 59.7 Å². The number of hydrogen-bond donors (Lipinski definition) is 2. The molecule has 0 radical (unpaired) electrons. The van der Waals surface area contributed by atoms with Gasteiger partial charge in [0.15, 0.2) is 17.4 Å². The number of amides is 1. The molecule has 1 amide bonds. The number of carbonyl (C=O) groups is 3. The first kappa shape index (κ1) is 22.2. The van der Waals surface area contributed by atoms with Crippen molar-refractivity contribution in [1.29, 1.82) is 0 Å². The minimum Gasteiger partial charge on any atom is -0.451 e. The molecule has 1 saturated heterocycles. The summed E-state index contributed by atoms with van der Waals surface area (Å²) in [5.74, 6) is 3.41. The molecule has 8 nitrogen and oxygen atoms in total. The molecule has 0 aliphatic carbocycles. The van der Waals surface area contributed by atoms with E-state index in [-0.39, 0.29) is 12.3 Å². The molecule has 1 aliphatic rings. The Morgan fingerprint density at radius 1 is 1.19 bits per heavy atom. The van der Waals surface area contributed by atoms with Crippen LogP contribution in [0.2, 0.25) is 0 Å². The number of esters is 1. The van der Waals surface area contributed by atoms with Crippen LogP contribution in [-0.2, 0) is 25.5 Å². The molecule has 1 heterocycles. The summed E-state index contributed by atoms with van der Waals surface area (Å²) >= 11 is 0. The van der Waals surface area contributed by atoms with Gasteiger partial charge in [-0.3, -0.25) is 9.59 Å². The van der Waals surface area contributed by atoms with Crippen molar-refractivity contribution in [2.24, 2.45) is 16.7 Å². The predicted octanol–water partition coefficient (Wildman–Crippen LogP) is 1.55. The third-order valence-electron chi connectivity index (χ3n) is 5.39. The number of hydrogen-bond acceptors (Lipinski definition) is 7. The zero-order chi connectivity index (χ0) is 22.4. The maximum atomic E-state index is 13.0. The first-order chi connectivity index (χ1) is 14.8. The molecule has 2 atom stereocenters. The second kappa shape index (κ2) is 9.53. The molecule has 162 valence electrons. The van der Waals surface area contributed by atoms with Crippen molar-refractivity contribution in [1.82, 2.24) is 0 Å². The Morgan fingerprint density at radius 2 is 1.87 bits per heavy atom. The zero-order valence-corrected chi connectivity index (χ0v) is 17.4. The first-order valence-electron chi connectivity index (χ1n) is 10.0. The summed E-state index contributed by atoms with van der Waals surface area (Å²) in [6.07, 6.45) is 1.52. The van der Waals surface area contributed by atoms with E-state index in [1.165, 1.54) is 13.1 Å². The molecule has 2 aromatic carbocycles. The molecule has 0 saturated carbocycles. The lowest BCUT2D eigenvalue weighted by Crippen LogP contribution is -2.58. The van der Waals surface area contributed by atoms with Crippen LogP contribution in [0, 0.1) is 0 Å². The standard InChI is InChI=1S/C23H26N4O4/c1-16(28)23(24,14-17-6-3-2-4-7-17)22(30)31-20-8-5-13-27(21(20)29)19-11-9-18(10-12-19)15-26-25/h2-4,6-7,9-12,15,20H,5,8,13-14,24-25H2,1H3. The Bertz CT molecular complexity index is 975. The Hall–Kier alpha value is -3.52. The van der Waals surface area contributed by atoms with Crippen LogP contribution in [-0.4, -0.2) is 42.1 Å². The summed E-state index contributed by atoms with van der Waals surface area (Å²) < 4.78 is 5.50. The summed E-state index contributed by atoms with van der Waals surface area (Å²) in [4.78, 5) is 39.8. The maximum absolute atomic E-state index is 13.0. The first-order valence-corrected chi connectivity index (χ1v) is 10.0. The molecular weight excluding hydrogens is 396 g/mol. The lowest BCUT2D eigenvalue weighted by Gasteiger charge is -2.34. The van der Waals surface area contributed by atoms with Gasteiger partial charge in [-0.1, -0.05) is 42.5 Å². The lowest BCUT2D eigenvalue weighted by molar-refractivity contribution is -0.163. The SMILES string of the molecule is CC(=O)C(N)(Cc1ccccc1)C(=O)OC1CCCN(c2ccc(C=NN)cc2)C1=O. The molecule has 8 heteroatoms. The molecule has 0 bridgehead atoms. The molecule has 4 N–H and O–H groups in total. The Kier molecular flexibility index (Phi) is 6.81. The maximum Gasteiger partial charge on any atom is 0.335 e. The number of piperidine rings is 1. The van der Waals surface area contributed by atoms with Gasteiger partial charge in [-0.2, -0.15) is 5.10 Å². The third-order valence-corrected chi connectivity index (χ3v) is 5.39. The van der Waals surface area contributed by atoms with Gasteiger partial charge in [0, 0.05) is 18.7 Å². The largest absolute Gasteiger partial charge is 0.451 e. The van der Waals surface area contributed by atoms with Crippen LogP contribution in [0.25, 0.3) is 0 Å². The minimum atomic E-state index is -1.85. The van der Waals surface area contributed by atoms with Crippen molar-refractivity contribution < 1.29 is 19.1 Å². The topological polar surface area (TPSA) is 128 Å². The van der Waals surface area contributed by atoms with Crippen LogP contribution in [0.4, 0.5) is 5.69 Å². The van der Waals surface area contributed by atoms with Gasteiger partial charge < -0.3 is 21.2 Å². The minimum absolute atomic E-state index is 0.00318. The van der Waals surface area contributed by atoms with E-state index in [0.29, 0.717) is 25.1 Å². The van der Waals surface area contributed by atoms with Crippen LogP contribution >= 0.6 is 0 Å². The van der Waals surface area contributed by atoms with E-state index in [1.807, 2.05) is 6.07 Å². The van der Waals surface area contributed by atoms with Gasteiger partial charge in [0.25, 0.3) is 5.91 Å². The average Bonchev–Trinajstić information content (AvgIpc) is 2.76. The summed E-state index contributed by atoms with van der Waals surface area (Å²) in [6.45, 7) is 1.76. The number of hydrazone groups is 1. The van der Waals surface area contributed by atoms with Crippen molar-refractivity contribution in [3.05, 3.63) is 65.7 Å². The highest BCUT2D eigenvalue weighted by Crippen LogP contribution is 2.24. The van der Waals surface area contributed by atoms with Gasteiger partial charge in [0.05, 0.1) is 6.21 Å². The Morgan fingerprint density at radius 3 is 2.48 bits per heavy atom. The summed E-state index contributed by atoms with van der Waals surface area (Å²) in [6, 6.07) is 16.1. The highest BCUT2D eigenvalue weighted by Gasteiger charge is 2.44. The van der Waals surface area contributed by atoms with E-state index in [0.717, 1.165) is 11.1 Å². The molecular formula is C23H26N4O4. The second-order valence-corrected chi connectivity index (χ2v) is 7.59. The summed E-state index contributed by atoms with van der Waals surface area (Å²) in [5, 5.41) is 3.47. The quantitative estimate of drug-likeness (QED) is 0.229. The van der Waals surface area contributed by atoms with Gasteiger partial charge in [0.1, 0.15) is 0 Å². The van der Waals surface area contributed by atoms with Gasteiger partial charge in [0.2, 0.25) is 0 Å². The number of nitrogens with two attached hydrogens (primary N) is 2. The van der Waals surface area contributed by atoms with Crippen molar-refractivity contribution in [3.8, 4) is 0 Å².